The molecule has 0 aliphatic carbocycles. The van der Waals surface area contributed by atoms with E-state index >= 15 is 0 Å². The third-order valence-electron chi connectivity index (χ3n) is 1.65. The summed E-state index contributed by atoms with van der Waals surface area (Å²) < 4.78 is 22.5. The van der Waals surface area contributed by atoms with Crippen LogP contribution in [0, 0.1) is 0 Å². The van der Waals surface area contributed by atoms with E-state index in [1.807, 2.05) is 6.92 Å². The lowest BCUT2D eigenvalue weighted by atomic mass is 10.4. The van der Waals surface area contributed by atoms with Crippen LogP contribution in [0.4, 0.5) is 0 Å². The summed E-state index contributed by atoms with van der Waals surface area (Å²) >= 11 is 1.75. The fourth-order valence-corrected chi connectivity index (χ4v) is 3.88. The standard InChI is InChI=1S/C7H14O2S2/c1-2-3-4-11(8,9)6-7-5-10-7/h7H,2-6H2,1H3. The molecule has 0 aromatic heterocycles. The molecule has 0 radical (unpaired) electrons. The maximum Gasteiger partial charge on any atom is 0.151 e. The van der Waals surface area contributed by atoms with Crippen LogP contribution < -0.4 is 0 Å². The quantitative estimate of drug-likeness (QED) is 0.619. The molecule has 0 amide bonds. The van der Waals surface area contributed by atoms with Crippen molar-refractivity contribution in [3.63, 3.8) is 0 Å². The lowest BCUT2D eigenvalue weighted by Crippen LogP contribution is -2.14. The molecule has 66 valence electrons. The van der Waals surface area contributed by atoms with Gasteiger partial charge in [-0.2, -0.15) is 11.8 Å². The largest absolute Gasteiger partial charge is 0.229 e. The first-order valence-corrected chi connectivity index (χ1v) is 6.83. The van der Waals surface area contributed by atoms with Gasteiger partial charge in [-0.1, -0.05) is 13.3 Å². The van der Waals surface area contributed by atoms with Crippen LogP contribution in [0.1, 0.15) is 19.8 Å². The summed E-state index contributed by atoms with van der Waals surface area (Å²) in [6, 6.07) is 0. The minimum absolute atomic E-state index is 0.389. The van der Waals surface area contributed by atoms with Gasteiger partial charge >= 0.3 is 0 Å². The van der Waals surface area contributed by atoms with Crippen LogP contribution in [0.25, 0.3) is 0 Å². The zero-order valence-corrected chi connectivity index (χ0v) is 8.38. The van der Waals surface area contributed by atoms with Crippen LogP contribution in [0.3, 0.4) is 0 Å². The van der Waals surface area contributed by atoms with Crippen LogP contribution in [0.2, 0.25) is 0 Å². The Hall–Kier alpha value is 0.300. The number of hydrogen-bond acceptors (Lipinski definition) is 3. The van der Waals surface area contributed by atoms with Crippen molar-refractivity contribution in [2.24, 2.45) is 0 Å². The molecule has 0 bridgehead atoms. The van der Waals surface area contributed by atoms with E-state index in [1.54, 1.807) is 11.8 Å². The van der Waals surface area contributed by atoms with E-state index in [1.165, 1.54) is 0 Å². The smallest absolute Gasteiger partial charge is 0.151 e. The first-order valence-electron chi connectivity index (χ1n) is 3.96. The van der Waals surface area contributed by atoms with E-state index in [0.717, 1.165) is 18.6 Å². The number of rotatable bonds is 5. The summed E-state index contributed by atoms with van der Waals surface area (Å²) in [4.78, 5) is 0. The van der Waals surface area contributed by atoms with Crippen LogP contribution in [0.15, 0.2) is 0 Å². The first-order chi connectivity index (χ1) is 5.14. The summed E-state index contributed by atoms with van der Waals surface area (Å²) in [5.41, 5.74) is 0. The molecule has 1 aliphatic heterocycles. The van der Waals surface area contributed by atoms with Gasteiger partial charge in [0.15, 0.2) is 9.84 Å². The summed E-state index contributed by atoms with van der Waals surface area (Å²) in [7, 11) is -2.70. The van der Waals surface area contributed by atoms with E-state index in [0.29, 0.717) is 16.8 Å². The predicted octanol–water partition coefficient (Wildman–Crippen LogP) is 1.32. The lowest BCUT2D eigenvalue weighted by molar-refractivity contribution is 0.593. The molecule has 1 heterocycles. The summed E-state index contributed by atoms with van der Waals surface area (Å²) in [5.74, 6) is 1.85. The Labute approximate surface area is 72.7 Å². The molecule has 0 aromatic carbocycles. The number of hydrogen-bond donors (Lipinski definition) is 0. The van der Waals surface area contributed by atoms with Crippen LogP contribution >= 0.6 is 11.8 Å². The molecule has 1 atom stereocenters. The normalized spacial score (nSPS) is 23.5. The predicted molar refractivity (Wildman–Crippen MR) is 49.8 cm³/mol. The van der Waals surface area contributed by atoms with E-state index in [2.05, 4.69) is 0 Å². The van der Waals surface area contributed by atoms with Gasteiger partial charge in [-0.25, -0.2) is 8.42 Å². The highest BCUT2D eigenvalue weighted by Crippen LogP contribution is 2.31. The van der Waals surface area contributed by atoms with Gasteiger partial charge in [0, 0.05) is 11.0 Å². The first kappa shape index (κ1) is 9.39. The fraction of sp³-hybridized carbons (Fsp3) is 1.00. The van der Waals surface area contributed by atoms with Crippen molar-refractivity contribution in [1.82, 2.24) is 0 Å². The van der Waals surface area contributed by atoms with Crippen molar-refractivity contribution in [3.05, 3.63) is 0 Å². The van der Waals surface area contributed by atoms with Gasteiger partial charge in [-0.15, -0.1) is 0 Å². The Morgan fingerprint density at radius 3 is 2.64 bits per heavy atom. The van der Waals surface area contributed by atoms with Gasteiger partial charge in [0.25, 0.3) is 0 Å². The number of unbranched alkanes of at least 4 members (excludes halogenated alkanes) is 1. The highest BCUT2D eigenvalue weighted by atomic mass is 32.2. The second-order valence-corrected chi connectivity index (χ2v) is 6.49. The van der Waals surface area contributed by atoms with Crippen molar-refractivity contribution < 1.29 is 8.42 Å². The molecule has 1 saturated heterocycles. The second kappa shape index (κ2) is 3.81. The van der Waals surface area contributed by atoms with Gasteiger partial charge < -0.3 is 0 Å². The van der Waals surface area contributed by atoms with Crippen molar-refractivity contribution in [1.29, 1.82) is 0 Å². The summed E-state index contributed by atoms with van der Waals surface area (Å²) in [5, 5.41) is 0.428. The number of sulfone groups is 1. The molecule has 1 rings (SSSR count). The Morgan fingerprint density at radius 2 is 2.18 bits per heavy atom. The van der Waals surface area contributed by atoms with E-state index < -0.39 is 9.84 Å². The monoisotopic (exact) mass is 194 g/mol. The summed E-state index contributed by atoms with van der Waals surface area (Å²) in [6.07, 6.45) is 1.79. The minimum Gasteiger partial charge on any atom is -0.229 e. The van der Waals surface area contributed by atoms with Gasteiger partial charge in [-0.05, 0) is 6.42 Å². The average Bonchev–Trinajstić information content (AvgIpc) is 2.67. The van der Waals surface area contributed by atoms with Gasteiger partial charge in [-0.3, -0.25) is 0 Å². The third-order valence-corrected chi connectivity index (χ3v) is 4.65. The number of thioether (sulfide) groups is 1. The van der Waals surface area contributed by atoms with E-state index in [4.69, 9.17) is 0 Å². The zero-order chi connectivity index (χ0) is 8.32. The molecule has 4 heteroatoms. The lowest BCUT2D eigenvalue weighted by Gasteiger charge is -1.99. The maximum atomic E-state index is 11.2. The Balaban J connectivity index is 2.26. The van der Waals surface area contributed by atoms with Gasteiger partial charge in [0.1, 0.15) is 0 Å². The van der Waals surface area contributed by atoms with Gasteiger partial charge in [0.05, 0.1) is 11.5 Å². The molecule has 1 aliphatic rings. The van der Waals surface area contributed by atoms with Crippen LogP contribution in [-0.4, -0.2) is 30.9 Å². The molecule has 0 spiro atoms. The van der Waals surface area contributed by atoms with Gasteiger partial charge in [0.2, 0.25) is 0 Å². The molecular weight excluding hydrogens is 180 g/mol. The van der Waals surface area contributed by atoms with Crippen LogP contribution in [-0.2, 0) is 9.84 Å². The van der Waals surface area contributed by atoms with E-state index in [-0.39, 0.29) is 0 Å². The average molecular weight is 194 g/mol. The molecule has 0 aromatic rings. The molecule has 11 heavy (non-hydrogen) atoms. The van der Waals surface area contributed by atoms with Crippen LogP contribution in [0.5, 0.6) is 0 Å². The molecule has 1 fully saturated rings. The third kappa shape index (κ3) is 4.01. The van der Waals surface area contributed by atoms with E-state index in [9.17, 15) is 8.42 Å². The van der Waals surface area contributed by atoms with Crippen molar-refractivity contribution >= 4 is 21.6 Å². The highest BCUT2D eigenvalue weighted by Gasteiger charge is 2.28. The van der Waals surface area contributed by atoms with Crippen molar-refractivity contribution in [2.75, 3.05) is 17.3 Å². The molecule has 0 N–H and O–H groups in total. The Bertz CT molecular complexity index is 204. The van der Waals surface area contributed by atoms with Crippen molar-refractivity contribution in [3.8, 4) is 0 Å². The maximum absolute atomic E-state index is 11.2. The zero-order valence-electron chi connectivity index (χ0n) is 6.75. The highest BCUT2D eigenvalue weighted by molar-refractivity contribution is 8.08. The Kier molecular flexibility index (Phi) is 3.25. The molecule has 1 unspecified atom stereocenters. The second-order valence-electron chi connectivity index (χ2n) is 2.92. The SMILES string of the molecule is CCCCS(=O)(=O)CC1CS1. The van der Waals surface area contributed by atoms with Crippen molar-refractivity contribution in [2.45, 2.75) is 25.0 Å². The topological polar surface area (TPSA) is 34.1 Å². The molecule has 2 nitrogen and oxygen atoms in total. The molecular formula is C7H14O2S2. The molecule has 0 saturated carbocycles. The fourth-order valence-electron chi connectivity index (χ4n) is 0.895. The Morgan fingerprint density at radius 1 is 1.55 bits per heavy atom. The summed E-state index contributed by atoms with van der Waals surface area (Å²) in [6.45, 7) is 2.02. The minimum atomic E-state index is -2.70.